The molecule has 0 radical (unpaired) electrons. The lowest BCUT2D eigenvalue weighted by Gasteiger charge is -2.38. The first-order valence-electron chi connectivity index (χ1n) is 10.4. The number of hydrogen-bond donors (Lipinski definition) is 1. The monoisotopic (exact) mass is 422 g/mol. The molecular weight excluding hydrogens is 396 g/mol. The Labute approximate surface area is 179 Å². The Bertz CT molecular complexity index is 1230. The lowest BCUT2D eigenvalue weighted by Crippen LogP contribution is -2.48. The van der Waals surface area contributed by atoms with Gasteiger partial charge in [0.25, 0.3) is 0 Å². The molecule has 0 amide bonds. The van der Waals surface area contributed by atoms with Crippen molar-refractivity contribution in [1.29, 1.82) is 0 Å². The third-order valence-corrected chi connectivity index (χ3v) is 5.23. The molecule has 1 fully saturated rings. The van der Waals surface area contributed by atoms with Crippen LogP contribution < -0.4 is 15.4 Å². The van der Waals surface area contributed by atoms with E-state index in [1.54, 1.807) is 23.0 Å². The van der Waals surface area contributed by atoms with Gasteiger partial charge in [0.2, 0.25) is 5.88 Å². The molecule has 0 unspecified atom stereocenters. The number of furan rings is 1. The number of rotatable bonds is 5. The molecule has 1 aliphatic rings. The van der Waals surface area contributed by atoms with Gasteiger partial charge in [0, 0.05) is 31.4 Å². The summed E-state index contributed by atoms with van der Waals surface area (Å²) >= 11 is 0. The third-order valence-electron chi connectivity index (χ3n) is 5.23. The lowest BCUT2D eigenvalue weighted by molar-refractivity contribution is -0.0278. The minimum absolute atomic E-state index is 0.0776. The Hall–Kier alpha value is -3.17. The van der Waals surface area contributed by atoms with Gasteiger partial charge in [-0.1, -0.05) is 0 Å². The summed E-state index contributed by atoms with van der Waals surface area (Å²) in [6.45, 7) is 8.67. The lowest BCUT2D eigenvalue weighted by atomic mass is 10.1. The highest BCUT2D eigenvalue weighted by Crippen LogP contribution is 2.34. The van der Waals surface area contributed by atoms with Crippen molar-refractivity contribution < 1.29 is 13.9 Å². The molecule has 0 saturated carbocycles. The van der Waals surface area contributed by atoms with Gasteiger partial charge in [-0.05, 0) is 39.0 Å². The topological polar surface area (TPSA) is 104 Å². The highest BCUT2D eigenvalue weighted by atomic mass is 16.5. The highest BCUT2D eigenvalue weighted by Gasteiger charge is 2.29. The molecular formula is C22H26N6O3. The van der Waals surface area contributed by atoms with Gasteiger partial charge in [-0.2, -0.15) is 0 Å². The Morgan fingerprint density at radius 3 is 2.94 bits per heavy atom. The predicted molar refractivity (Wildman–Crippen MR) is 117 cm³/mol. The number of fused-ring (bicyclic) bond motifs is 2. The second kappa shape index (κ2) is 7.51. The van der Waals surface area contributed by atoms with Gasteiger partial charge in [-0.25, -0.2) is 14.5 Å². The van der Waals surface area contributed by atoms with Crippen molar-refractivity contribution >= 4 is 22.4 Å². The second-order valence-corrected chi connectivity index (χ2v) is 8.56. The summed E-state index contributed by atoms with van der Waals surface area (Å²) in [5.74, 6) is 2.05. The fourth-order valence-corrected chi connectivity index (χ4v) is 3.84. The van der Waals surface area contributed by atoms with E-state index in [1.807, 2.05) is 25.1 Å². The van der Waals surface area contributed by atoms with Crippen molar-refractivity contribution in [3.63, 3.8) is 0 Å². The van der Waals surface area contributed by atoms with Gasteiger partial charge in [0.05, 0.1) is 23.8 Å². The number of ether oxygens (including phenoxy) is 2. The van der Waals surface area contributed by atoms with Crippen LogP contribution in [0.4, 0.5) is 5.82 Å². The van der Waals surface area contributed by atoms with Gasteiger partial charge in [0.15, 0.2) is 11.4 Å². The average molecular weight is 422 g/mol. The summed E-state index contributed by atoms with van der Waals surface area (Å²) in [7, 11) is 0. The highest BCUT2D eigenvalue weighted by molar-refractivity contribution is 5.92. The smallest absolute Gasteiger partial charge is 0.231 e. The average Bonchev–Trinajstić information content (AvgIpc) is 3.34. The molecule has 0 bridgehead atoms. The zero-order chi connectivity index (χ0) is 21.6. The SMILES string of the molecule is C[C@@H](N)COc1ccc2ncc(-c3cc4c(N5CCOC(C)(C)C5)nccc4o3)n2n1. The van der Waals surface area contributed by atoms with Gasteiger partial charge in [-0.15, -0.1) is 5.10 Å². The molecule has 31 heavy (non-hydrogen) atoms. The van der Waals surface area contributed by atoms with Crippen LogP contribution in [0.5, 0.6) is 5.88 Å². The first kappa shape index (κ1) is 19.8. The van der Waals surface area contributed by atoms with Crippen molar-refractivity contribution in [3.8, 4) is 17.3 Å². The van der Waals surface area contributed by atoms with Crippen molar-refractivity contribution in [2.24, 2.45) is 5.73 Å². The zero-order valence-electron chi connectivity index (χ0n) is 17.9. The molecule has 9 nitrogen and oxygen atoms in total. The van der Waals surface area contributed by atoms with Crippen molar-refractivity contribution in [1.82, 2.24) is 19.6 Å². The maximum absolute atomic E-state index is 6.18. The number of morpholine rings is 1. The summed E-state index contributed by atoms with van der Waals surface area (Å²) in [6, 6.07) is 7.45. The van der Waals surface area contributed by atoms with E-state index in [0.29, 0.717) is 30.5 Å². The number of nitrogens with zero attached hydrogens (tertiary/aromatic N) is 5. The molecule has 0 aromatic carbocycles. The standard InChI is InChI=1S/C22H26N6O3/c1-14(23)12-29-20-5-4-19-25-11-16(28(19)26-20)18-10-15-17(31-18)6-7-24-21(15)27-8-9-30-22(2,3)13-27/h4-7,10-11,14H,8-9,12-13,23H2,1-3H3/t14-/m1/s1. The maximum Gasteiger partial charge on any atom is 0.231 e. The minimum Gasteiger partial charge on any atom is -0.475 e. The fraction of sp³-hybridized carbons (Fsp3) is 0.409. The van der Waals surface area contributed by atoms with Crippen LogP contribution in [0.2, 0.25) is 0 Å². The maximum atomic E-state index is 6.18. The summed E-state index contributed by atoms with van der Waals surface area (Å²) < 4.78 is 19.4. The zero-order valence-corrected chi connectivity index (χ0v) is 17.9. The molecule has 0 aliphatic carbocycles. The molecule has 4 aromatic heterocycles. The van der Waals surface area contributed by atoms with Gasteiger partial charge in [-0.3, -0.25) is 0 Å². The van der Waals surface area contributed by atoms with Crippen LogP contribution >= 0.6 is 0 Å². The van der Waals surface area contributed by atoms with E-state index in [9.17, 15) is 0 Å². The van der Waals surface area contributed by atoms with E-state index >= 15 is 0 Å². The molecule has 9 heteroatoms. The minimum atomic E-state index is -0.225. The number of imidazole rings is 1. The van der Waals surface area contributed by atoms with E-state index < -0.39 is 0 Å². The van der Waals surface area contributed by atoms with Crippen LogP contribution in [0, 0.1) is 0 Å². The Morgan fingerprint density at radius 1 is 1.26 bits per heavy atom. The first-order valence-corrected chi connectivity index (χ1v) is 10.4. The quantitative estimate of drug-likeness (QED) is 0.524. The summed E-state index contributed by atoms with van der Waals surface area (Å²) in [4.78, 5) is 11.3. The van der Waals surface area contributed by atoms with Crippen LogP contribution in [0.3, 0.4) is 0 Å². The van der Waals surface area contributed by atoms with E-state index in [0.717, 1.165) is 35.6 Å². The number of aromatic nitrogens is 4. The Morgan fingerprint density at radius 2 is 2.13 bits per heavy atom. The van der Waals surface area contributed by atoms with E-state index in [-0.39, 0.29) is 11.6 Å². The second-order valence-electron chi connectivity index (χ2n) is 8.56. The van der Waals surface area contributed by atoms with Crippen LogP contribution in [-0.2, 0) is 4.74 Å². The van der Waals surface area contributed by atoms with Crippen molar-refractivity contribution in [3.05, 3.63) is 36.7 Å². The third kappa shape index (κ3) is 3.82. The first-order chi connectivity index (χ1) is 14.9. The predicted octanol–water partition coefficient (Wildman–Crippen LogP) is 2.88. The Kier molecular flexibility index (Phi) is 4.79. The van der Waals surface area contributed by atoms with E-state index in [4.69, 9.17) is 19.6 Å². The molecule has 5 rings (SSSR count). The summed E-state index contributed by atoms with van der Waals surface area (Å²) in [5.41, 5.74) is 7.77. The number of nitrogens with two attached hydrogens (primary N) is 1. The van der Waals surface area contributed by atoms with E-state index in [2.05, 4.69) is 33.8 Å². The summed E-state index contributed by atoms with van der Waals surface area (Å²) in [5, 5.41) is 5.51. The Balaban J connectivity index is 1.54. The number of pyridine rings is 1. The molecule has 4 aromatic rings. The van der Waals surface area contributed by atoms with Crippen LogP contribution in [-0.4, -0.2) is 57.5 Å². The normalized spacial score (nSPS) is 17.4. The van der Waals surface area contributed by atoms with Crippen LogP contribution in [0.15, 0.2) is 41.1 Å². The largest absolute Gasteiger partial charge is 0.475 e. The van der Waals surface area contributed by atoms with Gasteiger partial charge >= 0.3 is 0 Å². The van der Waals surface area contributed by atoms with Gasteiger partial charge in [0.1, 0.15) is 23.7 Å². The van der Waals surface area contributed by atoms with Gasteiger partial charge < -0.3 is 24.5 Å². The number of anilines is 1. The molecule has 5 heterocycles. The van der Waals surface area contributed by atoms with E-state index in [1.165, 1.54) is 0 Å². The van der Waals surface area contributed by atoms with Crippen molar-refractivity contribution in [2.45, 2.75) is 32.4 Å². The van der Waals surface area contributed by atoms with Crippen LogP contribution in [0.25, 0.3) is 28.1 Å². The molecule has 2 N–H and O–H groups in total. The molecule has 1 saturated heterocycles. The summed E-state index contributed by atoms with van der Waals surface area (Å²) in [6.07, 6.45) is 3.53. The molecule has 1 aliphatic heterocycles. The molecule has 1 atom stereocenters. The van der Waals surface area contributed by atoms with Crippen LogP contribution in [0.1, 0.15) is 20.8 Å². The molecule has 162 valence electrons. The molecule has 0 spiro atoms. The van der Waals surface area contributed by atoms with Crippen molar-refractivity contribution in [2.75, 3.05) is 31.2 Å². The fourth-order valence-electron chi connectivity index (χ4n) is 3.84. The number of hydrogen-bond acceptors (Lipinski definition) is 8.